The minimum Gasteiger partial charge on any atom is -0.384 e. The zero-order valence-corrected chi connectivity index (χ0v) is 13.4. The molecule has 0 saturated carbocycles. The van der Waals surface area contributed by atoms with Gasteiger partial charge < -0.3 is 16.4 Å². The first-order chi connectivity index (χ1) is 11.1. The van der Waals surface area contributed by atoms with E-state index in [2.05, 4.69) is 25.6 Å². The molecule has 2 heterocycles. The Labute approximate surface area is 135 Å². The highest BCUT2D eigenvalue weighted by atomic mass is 16.1. The van der Waals surface area contributed by atoms with E-state index in [1.807, 2.05) is 26.0 Å². The summed E-state index contributed by atoms with van der Waals surface area (Å²) in [7, 11) is 0. The van der Waals surface area contributed by atoms with Gasteiger partial charge in [0.15, 0.2) is 0 Å². The molecule has 0 aliphatic rings. The van der Waals surface area contributed by atoms with Crippen LogP contribution in [0.2, 0.25) is 0 Å². The molecule has 0 fully saturated rings. The van der Waals surface area contributed by atoms with Crippen LogP contribution in [0.15, 0.2) is 30.6 Å². The summed E-state index contributed by atoms with van der Waals surface area (Å²) >= 11 is 0. The molecule has 7 nitrogen and oxygen atoms in total. The number of hydrogen-bond donors (Lipinski definition) is 3. The predicted molar refractivity (Wildman–Crippen MR) is 90.2 cm³/mol. The Bertz CT molecular complexity index is 644. The lowest BCUT2D eigenvalue weighted by molar-refractivity contribution is 0.0948. The molecule has 0 unspecified atom stereocenters. The summed E-state index contributed by atoms with van der Waals surface area (Å²) in [6.07, 6.45) is 4.28. The number of rotatable bonds is 7. The standard InChI is InChI=1S/C16H22N6O/c1-11(2)13-9-14(22-16(17)21-13)15(23)20-8-4-7-19-12-5-3-6-18-10-12/h3,5-6,9-11,19H,4,7-8H2,1-2H3,(H,20,23)(H2,17,21,22). The normalized spacial score (nSPS) is 10.6. The molecule has 0 saturated heterocycles. The fourth-order valence-corrected chi connectivity index (χ4v) is 1.98. The summed E-state index contributed by atoms with van der Waals surface area (Å²) in [5, 5.41) is 6.07. The van der Waals surface area contributed by atoms with E-state index >= 15 is 0 Å². The number of anilines is 2. The van der Waals surface area contributed by atoms with Gasteiger partial charge in [0.05, 0.1) is 5.69 Å². The van der Waals surface area contributed by atoms with Crippen LogP contribution in [0.25, 0.3) is 0 Å². The summed E-state index contributed by atoms with van der Waals surface area (Å²) in [6.45, 7) is 5.28. The average Bonchev–Trinajstić information content (AvgIpc) is 2.54. The van der Waals surface area contributed by atoms with Gasteiger partial charge in [-0.1, -0.05) is 13.8 Å². The van der Waals surface area contributed by atoms with Gasteiger partial charge in [0.2, 0.25) is 5.95 Å². The van der Waals surface area contributed by atoms with E-state index in [9.17, 15) is 4.79 Å². The zero-order chi connectivity index (χ0) is 16.7. The molecule has 4 N–H and O–H groups in total. The molecule has 7 heteroatoms. The monoisotopic (exact) mass is 314 g/mol. The Morgan fingerprint density at radius 1 is 1.30 bits per heavy atom. The van der Waals surface area contributed by atoms with Gasteiger partial charge in [-0.3, -0.25) is 9.78 Å². The first-order valence-corrected chi connectivity index (χ1v) is 7.63. The first-order valence-electron chi connectivity index (χ1n) is 7.63. The van der Waals surface area contributed by atoms with Crippen LogP contribution in [0.3, 0.4) is 0 Å². The number of hydrogen-bond acceptors (Lipinski definition) is 6. The van der Waals surface area contributed by atoms with Gasteiger partial charge in [0.25, 0.3) is 5.91 Å². The molecule has 122 valence electrons. The second-order valence-corrected chi connectivity index (χ2v) is 5.47. The van der Waals surface area contributed by atoms with Crippen molar-refractivity contribution in [1.82, 2.24) is 20.3 Å². The number of amides is 1. The second-order valence-electron chi connectivity index (χ2n) is 5.47. The molecule has 0 bridgehead atoms. The van der Waals surface area contributed by atoms with E-state index in [-0.39, 0.29) is 17.8 Å². The van der Waals surface area contributed by atoms with Crippen molar-refractivity contribution >= 4 is 17.5 Å². The molecule has 2 aromatic heterocycles. The van der Waals surface area contributed by atoms with E-state index in [0.717, 1.165) is 24.3 Å². The number of nitrogens with zero attached hydrogens (tertiary/aromatic N) is 3. The maximum absolute atomic E-state index is 12.1. The van der Waals surface area contributed by atoms with Crippen molar-refractivity contribution in [2.24, 2.45) is 0 Å². The fraction of sp³-hybridized carbons (Fsp3) is 0.375. The highest BCUT2D eigenvalue weighted by Crippen LogP contribution is 2.13. The van der Waals surface area contributed by atoms with Crippen LogP contribution in [0.5, 0.6) is 0 Å². The highest BCUT2D eigenvalue weighted by Gasteiger charge is 2.12. The molecule has 0 aliphatic heterocycles. The van der Waals surface area contributed by atoms with Gasteiger partial charge in [-0.15, -0.1) is 0 Å². The molecule has 23 heavy (non-hydrogen) atoms. The lowest BCUT2D eigenvalue weighted by Gasteiger charge is -2.09. The van der Waals surface area contributed by atoms with Gasteiger partial charge in [-0.2, -0.15) is 0 Å². The van der Waals surface area contributed by atoms with E-state index < -0.39 is 0 Å². The maximum atomic E-state index is 12.1. The minimum absolute atomic E-state index is 0.125. The van der Waals surface area contributed by atoms with Gasteiger partial charge in [0, 0.05) is 31.2 Å². The second kappa shape index (κ2) is 8.07. The van der Waals surface area contributed by atoms with Crippen molar-refractivity contribution in [3.05, 3.63) is 42.0 Å². The lowest BCUT2D eigenvalue weighted by Crippen LogP contribution is -2.27. The van der Waals surface area contributed by atoms with Crippen molar-refractivity contribution in [1.29, 1.82) is 0 Å². The molecule has 1 amide bonds. The molecule has 2 rings (SSSR count). The molecular formula is C16H22N6O. The van der Waals surface area contributed by atoms with Crippen LogP contribution >= 0.6 is 0 Å². The SMILES string of the molecule is CC(C)c1cc(C(=O)NCCCNc2cccnc2)nc(N)n1. The number of carbonyl (C=O) groups excluding carboxylic acids is 1. The molecule has 2 aromatic rings. The van der Waals surface area contributed by atoms with Gasteiger partial charge >= 0.3 is 0 Å². The van der Waals surface area contributed by atoms with Gasteiger partial charge in [-0.05, 0) is 30.5 Å². The number of aromatic nitrogens is 3. The predicted octanol–water partition coefficient (Wildman–Crippen LogP) is 1.81. The molecule has 0 spiro atoms. The number of nitrogens with two attached hydrogens (primary N) is 1. The van der Waals surface area contributed by atoms with Gasteiger partial charge in [0.1, 0.15) is 5.69 Å². The van der Waals surface area contributed by atoms with E-state index in [1.165, 1.54) is 0 Å². The Balaban J connectivity index is 1.79. The minimum atomic E-state index is -0.234. The van der Waals surface area contributed by atoms with Crippen molar-refractivity contribution in [3.63, 3.8) is 0 Å². The number of pyridine rings is 1. The summed E-state index contributed by atoms with van der Waals surface area (Å²) < 4.78 is 0. The van der Waals surface area contributed by atoms with E-state index in [4.69, 9.17) is 5.73 Å². The van der Waals surface area contributed by atoms with Crippen LogP contribution in [-0.4, -0.2) is 33.9 Å². The van der Waals surface area contributed by atoms with Gasteiger partial charge in [-0.25, -0.2) is 9.97 Å². The zero-order valence-electron chi connectivity index (χ0n) is 13.4. The Morgan fingerprint density at radius 3 is 2.83 bits per heavy atom. The molecular weight excluding hydrogens is 292 g/mol. The smallest absolute Gasteiger partial charge is 0.270 e. The average molecular weight is 314 g/mol. The molecule has 0 atom stereocenters. The summed E-state index contributed by atoms with van der Waals surface area (Å²) in [6, 6.07) is 5.50. The van der Waals surface area contributed by atoms with E-state index in [0.29, 0.717) is 12.2 Å². The van der Waals surface area contributed by atoms with E-state index in [1.54, 1.807) is 18.5 Å². The third-order valence-electron chi connectivity index (χ3n) is 3.22. The number of carbonyl (C=O) groups is 1. The molecule has 0 aliphatic carbocycles. The summed E-state index contributed by atoms with van der Waals surface area (Å²) in [5.41, 5.74) is 7.69. The topological polar surface area (TPSA) is 106 Å². The Morgan fingerprint density at radius 2 is 2.13 bits per heavy atom. The largest absolute Gasteiger partial charge is 0.384 e. The lowest BCUT2D eigenvalue weighted by atomic mass is 10.1. The number of nitrogen functional groups attached to an aromatic ring is 1. The van der Waals surface area contributed by atoms with Crippen molar-refractivity contribution in [2.75, 3.05) is 24.1 Å². The fourth-order valence-electron chi connectivity index (χ4n) is 1.98. The van der Waals surface area contributed by atoms with Crippen LogP contribution in [-0.2, 0) is 0 Å². The molecule has 0 radical (unpaired) electrons. The quantitative estimate of drug-likeness (QED) is 0.673. The van der Waals surface area contributed by atoms with Crippen molar-refractivity contribution in [3.8, 4) is 0 Å². The summed E-state index contributed by atoms with van der Waals surface area (Å²) in [4.78, 5) is 24.3. The van der Waals surface area contributed by atoms with Crippen LogP contribution in [0.4, 0.5) is 11.6 Å². The van der Waals surface area contributed by atoms with Crippen LogP contribution < -0.4 is 16.4 Å². The molecule has 0 aromatic carbocycles. The highest BCUT2D eigenvalue weighted by molar-refractivity contribution is 5.92. The van der Waals surface area contributed by atoms with Crippen molar-refractivity contribution in [2.45, 2.75) is 26.2 Å². The summed E-state index contributed by atoms with van der Waals surface area (Å²) in [5.74, 6) is 0.0810. The Kier molecular flexibility index (Phi) is 5.85. The number of nitrogens with one attached hydrogen (secondary N) is 2. The third kappa shape index (κ3) is 5.21. The first kappa shape index (κ1) is 16.7. The third-order valence-corrected chi connectivity index (χ3v) is 3.22. The van der Waals surface area contributed by atoms with Crippen molar-refractivity contribution < 1.29 is 4.79 Å². The van der Waals surface area contributed by atoms with Crippen LogP contribution in [0, 0.1) is 0 Å². The van der Waals surface area contributed by atoms with Crippen LogP contribution in [0.1, 0.15) is 42.4 Å². The Hall–Kier alpha value is -2.70. The maximum Gasteiger partial charge on any atom is 0.270 e.